The number of benzene rings is 2. The van der Waals surface area contributed by atoms with Crippen LogP contribution in [0.3, 0.4) is 0 Å². The van der Waals surface area contributed by atoms with Crippen molar-refractivity contribution in [1.29, 1.82) is 0 Å². The number of hydrogen-bond donors (Lipinski definition) is 1. The molecule has 4 rings (SSSR count). The first kappa shape index (κ1) is 19.6. The summed E-state index contributed by atoms with van der Waals surface area (Å²) in [7, 11) is -3.81. The molecule has 1 aromatic heterocycles. The van der Waals surface area contributed by atoms with Gasteiger partial charge >= 0.3 is 0 Å². The lowest BCUT2D eigenvalue weighted by Crippen LogP contribution is -2.31. The number of carbonyl (C=O) groups is 2. The lowest BCUT2D eigenvalue weighted by atomic mass is 10.1. The van der Waals surface area contributed by atoms with Gasteiger partial charge in [0.1, 0.15) is 0 Å². The van der Waals surface area contributed by atoms with Crippen LogP contribution < -0.4 is 5.14 Å². The van der Waals surface area contributed by atoms with Gasteiger partial charge in [0.2, 0.25) is 10.0 Å². The molecule has 29 heavy (non-hydrogen) atoms. The van der Waals surface area contributed by atoms with Crippen molar-refractivity contribution in [3.05, 3.63) is 53.6 Å². The van der Waals surface area contributed by atoms with Crippen LogP contribution in [0.2, 0.25) is 0 Å². The number of nitrogens with zero attached hydrogens (tertiary/aromatic N) is 3. The summed E-state index contributed by atoms with van der Waals surface area (Å²) in [5, 5.41) is 5.89. The first-order valence-electron chi connectivity index (χ1n) is 8.92. The van der Waals surface area contributed by atoms with E-state index in [1.165, 1.54) is 28.8 Å². The van der Waals surface area contributed by atoms with Gasteiger partial charge in [-0.2, -0.15) is 0 Å². The van der Waals surface area contributed by atoms with E-state index in [0.29, 0.717) is 34.1 Å². The van der Waals surface area contributed by atoms with Crippen molar-refractivity contribution in [3.8, 4) is 0 Å². The maximum atomic E-state index is 12.5. The average molecular weight is 431 g/mol. The van der Waals surface area contributed by atoms with Crippen LogP contribution in [0.4, 0.5) is 0 Å². The molecule has 2 aromatic carbocycles. The number of aromatic nitrogens is 2. The molecule has 0 fully saturated rings. The van der Waals surface area contributed by atoms with Crippen molar-refractivity contribution >= 4 is 44.6 Å². The normalized spacial score (nSPS) is 14.1. The number of thioether (sulfide) groups is 1. The van der Waals surface area contributed by atoms with Crippen molar-refractivity contribution in [1.82, 2.24) is 14.5 Å². The Balaban J connectivity index is 1.53. The van der Waals surface area contributed by atoms with Crippen molar-refractivity contribution in [2.75, 3.05) is 12.3 Å². The van der Waals surface area contributed by atoms with Crippen molar-refractivity contribution in [2.24, 2.45) is 5.14 Å². The number of hydrogen-bond acceptors (Lipinski definition) is 6. The van der Waals surface area contributed by atoms with E-state index in [-0.39, 0.29) is 23.3 Å². The second-order valence-corrected chi connectivity index (χ2v) is 9.11. The van der Waals surface area contributed by atoms with Gasteiger partial charge in [0, 0.05) is 18.8 Å². The topological polar surface area (TPSA) is 115 Å². The maximum absolute atomic E-state index is 12.5. The molecule has 0 saturated heterocycles. The van der Waals surface area contributed by atoms with Crippen LogP contribution in [0, 0.1) is 0 Å². The molecule has 0 radical (unpaired) electrons. The van der Waals surface area contributed by atoms with Crippen LogP contribution in [0.15, 0.2) is 52.5 Å². The quantitative estimate of drug-likeness (QED) is 0.473. The zero-order chi connectivity index (χ0) is 20.8. The minimum atomic E-state index is -3.81. The van der Waals surface area contributed by atoms with Crippen LogP contribution in [0.1, 0.15) is 27.6 Å². The fourth-order valence-electron chi connectivity index (χ4n) is 3.35. The van der Waals surface area contributed by atoms with E-state index in [4.69, 9.17) is 5.14 Å². The third-order valence-corrected chi connectivity index (χ3v) is 6.62. The number of fused-ring (bicyclic) bond motifs is 2. The van der Waals surface area contributed by atoms with E-state index >= 15 is 0 Å². The van der Waals surface area contributed by atoms with Crippen LogP contribution in [0.5, 0.6) is 0 Å². The summed E-state index contributed by atoms with van der Waals surface area (Å²) >= 11 is 1.41. The molecule has 1 aliphatic rings. The van der Waals surface area contributed by atoms with E-state index in [0.717, 1.165) is 5.52 Å². The predicted molar refractivity (Wildman–Crippen MR) is 109 cm³/mol. The Hall–Kier alpha value is -2.69. The molecule has 0 atom stereocenters. The fourth-order valence-corrected chi connectivity index (χ4v) is 4.89. The van der Waals surface area contributed by atoms with Gasteiger partial charge in [0.15, 0.2) is 5.16 Å². The largest absolute Gasteiger partial charge is 0.319 e. The molecule has 8 nitrogen and oxygen atoms in total. The molecule has 0 saturated carbocycles. The van der Waals surface area contributed by atoms with E-state index in [1.807, 2.05) is 11.5 Å². The molecule has 1 aliphatic heterocycles. The van der Waals surface area contributed by atoms with Gasteiger partial charge in [-0.05, 0) is 37.3 Å². The SMILES string of the molecule is CCn1c(SCCN2C(=O)c3ccccc3C2=O)nc2cc(S(N)(=O)=O)ccc21. The van der Waals surface area contributed by atoms with Gasteiger partial charge in [-0.3, -0.25) is 14.5 Å². The summed E-state index contributed by atoms with van der Waals surface area (Å²) in [6.07, 6.45) is 0. The molecule has 2 N–H and O–H groups in total. The summed E-state index contributed by atoms with van der Waals surface area (Å²) in [5.41, 5.74) is 2.18. The third kappa shape index (κ3) is 3.43. The number of nitrogens with two attached hydrogens (primary N) is 1. The Morgan fingerprint density at radius 1 is 1.07 bits per heavy atom. The minimum Gasteiger partial charge on any atom is -0.319 e. The Morgan fingerprint density at radius 2 is 1.72 bits per heavy atom. The summed E-state index contributed by atoms with van der Waals surface area (Å²) in [5.74, 6) is -0.0995. The van der Waals surface area contributed by atoms with Crippen molar-refractivity contribution in [3.63, 3.8) is 0 Å². The molecule has 10 heteroatoms. The Kier molecular flexibility index (Phi) is 4.93. The monoisotopic (exact) mass is 430 g/mol. The highest BCUT2D eigenvalue weighted by Gasteiger charge is 2.34. The van der Waals surface area contributed by atoms with Crippen molar-refractivity contribution < 1.29 is 18.0 Å². The van der Waals surface area contributed by atoms with Crippen LogP contribution in [-0.4, -0.2) is 47.0 Å². The number of aryl methyl sites for hydroxylation is 1. The predicted octanol–water partition coefficient (Wildman–Crippen LogP) is 2.09. The standard InChI is InChI=1S/C19H18N4O4S2/c1-2-22-16-8-7-12(29(20,26)27)11-15(16)21-19(22)28-10-9-23-17(24)13-5-3-4-6-14(13)18(23)25/h3-8,11H,2,9-10H2,1H3,(H2,20,26,27). The van der Waals surface area contributed by atoms with Crippen LogP contribution in [0.25, 0.3) is 11.0 Å². The molecule has 0 bridgehead atoms. The first-order valence-corrected chi connectivity index (χ1v) is 11.5. The van der Waals surface area contributed by atoms with E-state index < -0.39 is 10.0 Å². The molecular formula is C19H18N4O4S2. The first-order chi connectivity index (χ1) is 13.8. The van der Waals surface area contributed by atoms with Gasteiger partial charge in [-0.15, -0.1) is 0 Å². The maximum Gasteiger partial charge on any atom is 0.261 e. The Labute approximate surface area is 171 Å². The molecule has 0 aliphatic carbocycles. The molecule has 150 valence electrons. The van der Waals surface area contributed by atoms with Crippen molar-refractivity contribution in [2.45, 2.75) is 23.5 Å². The lowest BCUT2D eigenvalue weighted by molar-refractivity contribution is 0.0664. The fraction of sp³-hybridized carbons (Fsp3) is 0.211. The van der Waals surface area contributed by atoms with Gasteiger partial charge in [0.25, 0.3) is 11.8 Å². The average Bonchev–Trinajstić information content (AvgIpc) is 3.17. The number of primary sulfonamides is 1. The van der Waals surface area contributed by atoms with Gasteiger partial charge < -0.3 is 4.57 Å². The molecule has 0 spiro atoms. The van der Waals surface area contributed by atoms with Gasteiger partial charge in [-0.1, -0.05) is 23.9 Å². The smallest absolute Gasteiger partial charge is 0.261 e. The minimum absolute atomic E-state index is 0.00771. The number of imidazole rings is 1. The van der Waals surface area contributed by atoms with Gasteiger partial charge in [0.05, 0.1) is 27.1 Å². The molecule has 2 heterocycles. The highest BCUT2D eigenvalue weighted by molar-refractivity contribution is 7.99. The number of sulfonamides is 1. The highest BCUT2D eigenvalue weighted by atomic mass is 32.2. The summed E-state index contributed by atoms with van der Waals surface area (Å²) in [4.78, 5) is 30.7. The highest BCUT2D eigenvalue weighted by Crippen LogP contribution is 2.27. The molecular weight excluding hydrogens is 412 g/mol. The Morgan fingerprint density at radius 3 is 2.31 bits per heavy atom. The van der Waals surface area contributed by atoms with E-state index in [2.05, 4.69) is 4.98 Å². The second kappa shape index (κ2) is 7.29. The lowest BCUT2D eigenvalue weighted by Gasteiger charge is -2.13. The number of amides is 2. The summed E-state index contributed by atoms with van der Waals surface area (Å²) in [6.45, 7) is 2.86. The van der Waals surface area contributed by atoms with E-state index in [1.54, 1.807) is 30.3 Å². The van der Waals surface area contributed by atoms with E-state index in [9.17, 15) is 18.0 Å². The molecule has 3 aromatic rings. The summed E-state index contributed by atoms with van der Waals surface area (Å²) < 4.78 is 25.1. The second-order valence-electron chi connectivity index (χ2n) is 6.49. The Bertz CT molecular complexity index is 1220. The third-order valence-electron chi connectivity index (χ3n) is 4.75. The molecule has 2 amide bonds. The zero-order valence-electron chi connectivity index (χ0n) is 15.5. The number of imide groups is 1. The number of carbonyl (C=O) groups excluding carboxylic acids is 2. The van der Waals surface area contributed by atoms with Gasteiger partial charge in [-0.25, -0.2) is 18.5 Å². The summed E-state index contributed by atoms with van der Waals surface area (Å²) in [6, 6.07) is 11.4. The number of rotatable bonds is 6. The molecule has 0 unspecified atom stereocenters. The zero-order valence-corrected chi connectivity index (χ0v) is 17.2. The van der Waals surface area contributed by atoms with Crippen LogP contribution >= 0.6 is 11.8 Å². The van der Waals surface area contributed by atoms with Crippen LogP contribution in [-0.2, 0) is 16.6 Å².